The molecule has 1 aliphatic carbocycles. The predicted octanol–water partition coefficient (Wildman–Crippen LogP) is 4.58. The van der Waals surface area contributed by atoms with Crippen molar-refractivity contribution in [2.24, 2.45) is 5.92 Å². The van der Waals surface area contributed by atoms with Crippen LogP contribution in [0.2, 0.25) is 0 Å². The fourth-order valence-electron chi connectivity index (χ4n) is 5.17. The predicted molar refractivity (Wildman–Crippen MR) is 126 cm³/mol. The third-order valence-corrected chi connectivity index (χ3v) is 7.20. The van der Waals surface area contributed by atoms with Crippen molar-refractivity contribution < 1.29 is 22.4 Å². The van der Waals surface area contributed by atoms with Crippen molar-refractivity contribution in [3.63, 3.8) is 0 Å². The lowest BCUT2D eigenvalue weighted by Gasteiger charge is -2.30. The van der Waals surface area contributed by atoms with Gasteiger partial charge in [-0.2, -0.15) is 13.2 Å². The normalized spacial score (nSPS) is 21.4. The lowest BCUT2D eigenvalue weighted by atomic mass is 9.84. The van der Waals surface area contributed by atoms with Crippen LogP contribution >= 0.6 is 0 Å². The molecule has 1 amide bonds. The van der Waals surface area contributed by atoms with Crippen molar-refractivity contribution in [3.05, 3.63) is 46.9 Å². The molecule has 0 radical (unpaired) electrons. The molecule has 0 unspecified atom stereocenters. The second kappa shape index (κ2) is 11.5. The molecule has 3 heterocycles. The third kappa shape index (κ3) is 8.05. The van der Waals surface area contributed by atoms with E-state index in [9.17, 15) is 18.0 Å². The molecule has 9 heteroatoms. The Hall–Kier alpha value is -2.42. The van der Waals surface area contributed by atoms with Gasteiger partial charge in [-0.05, 0) is 76.0 Å². The maximum atomic E-state index is 12.5. The molecule has 1 N–H and O–H groups in total. The molecule has 0 atom stereocenters. The van der Waals surface area contributed by atoms with Gasteiger partial charge in [0.15, 0.2) is 0 Å². The van der Waals surface area contributed by atoms with Gasteiger partial charge in [-0.3, -0.25) is 9.78 Å². The number of carbonyl (C=O) groups is 1. The lowest BCUT2D eigenvalue weighted by molar-refractivity contribution is -0.134. The minimum absolute atomic E-state index is 0.0328. The van der Waals surface area contributed by atoms with E-state index in [1.54, 1.807) is 12.3 Å². The van der Waals surface area contributed by atoms with Crippen LogP contribution in [0.3, 0.4) is 0 Å². The summed E-state index contributed by atoms with van der Waals surface area (Å²) in [6, 6.07) is 3.94. The van der Waals surface area contributed by atoms with Crippen LogP contribution in [0, 0.1) is 12.8 Å². The lowest BCUT2D eigenvalue weighted by Crippen LogP contribution is -2.39. The van der Waals surface area contributed by atoms with Gasteiger partial charge >= 0.3 is 6.18 Å². The number of amides is 1. The van der Waals surface area contributed by atoms with Crippen LogP contribution in [0.25, 0.3) is 0 Å². The van der Waals surface area contributed by atoms with E-state index in [1.807, 2.05) is 13.0 Å². The Bertz CT molecular complexity index is 983. The minimum Gasteiger partial charge on any atom is -0.445 e. The SMILES string of the molecule is Cc1cnc(CC(=O)N[C@H]2CC[C@H](CCN3CCc4ccc(CCC(F)(F)F)nc4CC3)CC2)o1. The Kier molecular flexibility index (Phi) is 8.46. The first-order valence-corrected chi connectivity index (χ1v) is 12.7. The molecule has 1 fully saturated rings. The van der Waals surface area contributed by atoms with Gasteiger partial charge in [0.1, 0.15) is 12.2 Å². The van der Waals surface area contributed by atoms with E-state index in [1.165, 1.54) is 5.56 Å². The summed E-state index contributed by atoms with van der Waals surface area (Å²) in [7, 11) is 0. The summed E-state index contributed by atoms with van der Waals surface area (Å²) in [6.45, 7) is 4.70. The third-order valence-electron chi connectivity index (χ3n) is 7.20. The smallest absolute Gasteiger partial charge is 0.389 e. The molecule has 0 saturated heterocycles. The topological polar surface area (TPSA) is 71.3 Å². The zero-order chi connectivity index (χ0) is 24.8. The Balaban J connectivity index is 1.16. The average molecular weight is 493 g/mol. The fraction of sp³-hybridized carbons (Fsp3) is 0.654. The molecule has 1 aliphatic heterocycles. The van der Waals surface area contributed by atoms with E-state index in [-0.39, 0.29) is 24.8 Å². The van der Waals surface area contributed by atoms with Gasteiger partial charge in [0.2, 0.25) is 11.8 Å². The Morgan fingerprint density at radius 1 is 1.17 bits per heavy atom. The highest BCUT2D eigenvalue weighted by Crippen LogP contribution is 2.28. The van der Waals surface area contributed by atoms with Gasteiger partial charge in [-0.1, -0.05) is 6.07 Å². The summed E-state index contributed by atoms with van der Waals surface area (Å²) in [4.78, 5) is 23.4. The van der Waals surface area contributed by atoms with Crippen LogP contribution in [0.1, 0.15) is 67.1 Å². The highest BCUT2D eigenvalue weighted by molar-refractivity contribution is 5.77. The van der Waals surface area contributed by atoms with E-state index < -0.39 is 12.6 Å². The summed E-state index contributed by atoms with van der Waals surface area (Å²) in [5, 5.41) is 3.12. The standard InChI is InChI=1S/C26H35F3N4O2/c1-18-17-30-25(35-18)16-24(34)32-21-5-2-19(3-6-21)9-13-33-14-10-20-4-7-22(8-12-26(27,28)29)31-23(20)11-15-33/h4,7,17,19,21H,2-3,5-6,8-16H2,1H3,(H,32,34)/t19-,21-. The largest absolute Gasteiger partial charge is 0.445 e. The molecule has 6 nitrogen and oxygen atoms in total. The molecule has 2 aromatic heterocycles. The number of aryl methyl sites for hydroxylation is 2. The summed E-state index contributed by atoms with van der Waals surface area (Å²) >= 11 is 0. The van der Waals surface area contributed by atoms with Crippen LogP contribution in [-0.2, 0) is 30.5 Å². The quantitative estimate of drug-likeness (QED) is 0.584. The Labute approximate surface area is 204 Å². The molecule has 1 saturated carbocycles. The Morgan fingerprint density at radius 3 is 2.66 bits per heavy atom. The first kappa shape index (κ1) is 25.7. The van der Waals surface area contributed by atoms with E-state index in [4.69, 9.17) is 4.42 Å². The summed E-state index contributed by atoms with van der Waals surface area (Å²) in [5.41, 5.74) is 2.66. The molecule has 4 rings (SSSR count). The van der Waals surface area contributed by atoms with E-state index in [0.717, 1.165) is 70.3 Å². The average Bonchev–Trinajstić information content (AvgIpc) is 3.10. The van der Waals surface area contributed by atoms with Crippen molar-refractivity contribution in [2.45, 2.75) is 83.4 Å². The molecular weight excluding hydrogens is 457 g/mol. The van der Waals surface area contributed by atoms with Crippen LogP contribution in [0.5, 0.6) is 0 Å². The summed E-state index contributed by atoms with van der Waals surface area (Å²) < 4.78 is 43.0. The van der Waals surface area contributed by atoms with Gasteiger partial charge in [-0.25, -0.2) is 4.98 Å². The van der Waals surface area contributed by atoms with Crippen molar-refractivity contribution in [1.82, 2.24) is 20.2 Å². The first-order chi connectivity index (χ1) is 16.7. The maximum Gasteiger partial charge on any atom is 0.389 e. The van der Waals surface area contributed by atoms with E-state index in [2.05, 4.69) is 20.2 Å². The molecule has 2 aliphatic rings. The van der Waals surface area contributed by atoms with Gasteiger partial charge < -0.3 is 14.6 Å². The zero-order valence-electron chi connectivity index (χ0n) is 20.4. The van der Waals surface area contributed by atoms with Crippen LogP contribution in [0.15, 0.2) is 22.7 Å². The first-order valence-electron chi connectivity index (χ1n) is 12.7. The number of alkyl halides is 3. The number of carbonyl (C=O) groups excluding carboxylic acids is 1. The van der Waals surface area contributed by atoms with Gasteiger partial charge in [0.05, 0.1) is 6.20 Å². The monoisotopic (exact) mass is 492 g/mol. The zero-order valence-corrected chi connectivity index (χ0v) is 20.4. The summed E-state index contributed by atoms with van der Waals surface area (Å²) in [6.07, 6.45) is 3.83. The molecular formula is C26H35F3N4O2. The number of oxazole rings is 1. The second-order valence-corrected chi connectivity index (χ2v) is 9.98. The van der Waals surface area contributed by atoms with Gasteiger partial charge in [0.25, 0.3) is 0 Å². The van der Waals surface area contributed by atoms with E-state index >= 15 is 0 Å². The molecule has 0 bridgehead atoms. The fourth-order valence-corrected chi connectivity index (χ4v) is 5.17. The molecule has 0 aromatic carbocycles. The number of nitrogens with one attached hydrogen (secondary N) is 1. The number of pyridine rings is 1. The number of nitrogens with zero attached hydrogens (tertiary/aromatic N) is 3. The van der Waals surface area contributed by atoms with Gasteiger partial charge in [0, 0.05) is 43.4 Å². The van der Waals surface area contributed by atoms with Crippen molar-refractivity contribution >= 4 is 5.91 Å². The highest BCUT2D eigenvalue weighted by atomic mass is 19.4. The van der Waals surface area contributed by atoms with Crippen LogP contribution < -0.4 is 5.32 Å². The molecule has 192 valence electrons. The second-order valence-electron chi connectivity index (χ2n) is 9.98. The number of fused-ring (bicyclic) bond motifs is 1. The Morgan fingerprint density at radius 2 is 1.94 bits per heavy atom. The van der Waals surface area contributed by atoms with Crippen LogP contribution in [0.4, 0.5) is 13.2 Å². The number of aromatic nitrogens is 2. The number of rotatable bonds is 8. The van der Waals surface area contributed by atoms with E-state index in [0.29, 0.717) is 23.3 Å². The minimum atomic E-state index is -4.15. The highest BCUT2D eigenvalue weighted by Gasteiger charge is 2.27. The number of hydrogen-bond acceptors (Lipinski definition) is 5. The van der Waals surface area contributed by atoms with Crippen molar-refractivity contribution in [2.75, 3.05) is 19.6 Å². The number of hydrogen-bond donors (Lipinski definition) is 1. The molecule has 0 spiro atoms. The van der Waals surface area contributed by atoms with Gasteiger partial charge in [-0.15, -0.1) is 0 Å². The maximum absolute atomic E-state index is 12.5. The molecule has 2 aromatic rings. The summed E-state index contributed by atoms with van der Waals surface area (Å²) in [5.74, 6) is 1.80. The van der Waals surface area contributed by atoms with Crippen molar-refractivity contribution in [3.8, 4) is 0 Å². The van der Waals surface area contributed by atoms with Crippen molar-refractivity contribution in [1.29, 1.82) is 0 Å². The molecule has 35 heavy (non-hydrogen) atoms. The van der Waals surface area contributed by atoms with Crippen LogP contribution in [-0.4, -0.2) is 52.6 Å². The number of halogens is 3.